The summed E-state index contributed by atoms with van der Waals surface area (Å²) in [4.78, 5) is 25.6. The van der Waals surface area contributed by atoms with E-state index in [4.69, 9.17) is 13.9 Å². The first kappa shape index (κ1) is 25.0. The Labute approximate surface area is 175 Å². The largest absolute Gasteiger partial charge is 0.445 e. The average Bonchev–Trinajstić information content (AvgIpc) is 3.02. The molecular formula is C21H36N2O5Si. The second-order valence-electron chi connectivity index (χ2n) is 8.52. The van der Waals surface area contributed by atoms with Crippen molar-refractivity contribution in [1.29, 1.82) is 0 Å². The lowest BCUT2D eigenvalue weighted by molar-refractivity contribution is 0.108. The van der Waals surface area contributed by atoms with Crippen molar-refractivity contribution < 1.29 is 23.5 Å². The van der Waals surface area contributed by atoms with E-state index >= 15 is 0 Å². The zero-order chi connectivity index (χ0) is 22.1. The molecule has 29 heavy (non-hydrogen) atoms. The minimum absolute atomic E-state index is 0.0488. The number of nitrogens with zero attached hydrogens (tertiary/aromatic N) is 1. The van der Waals surface area contributed by atoms with E-state index in [-0.39, 0.29) is 36.5 Å². The molecule has 0 radical (unpaired) electrons. The van der Waals surface area contributed by atoms with E-state index in [1.54, 1.807) is 11.0 Å². The Balaban J connectivity index is 2.75. The molecule has 2 amide bonds. The molecule has 0 spiro atoms. The van der Waals surface area contributed by atoms with Gasteiger partial charge in [-0.2, -0.15) is 0 Å². The molecule has 1 saturated heterocycles. The number of ether oxygens (including phenoxy) is 2. The van der Waals surface area contributed by atoms with Crippen molar-refractivity contribution in [2.75, 3.05) is 26.3 Å². The summed E-state index contributed by atoms with van der Waals surface area (Å²) in [5.41, 5.74) is 0. The number of carbonyl (C=O) groups is 2. The van der Waals surface area contributed by atoms with Gasteiger partial charge in [-0.3, -0.25) is 4.90 Å². The molecule has 8 heteroatoms. The number of nitrogens with one attached hydrogen (secondary N) is 1. The summed E-state index contributed by atoms with van der Waals surface area (Å²) in [7, 11) is -1.96. The SMILES string of the molecule is C=CCOC(=O)NC/C=C/[C@@H]1C[C@@H](O[Si](C)(C)C(C)(C)C)CN1C(=O)OCC=C. The fourth-order valence-corrected chi connectivity index (χ4v) is 4.02. The Kier molecular flexibility index (Phi) is 9.65. The van der Waals surface area contributed by atoms with E-state index in [2.05, 4.69) is 52.3 Å². The van der Waals surface area contributed by atoms with Gasteiger partial charge in [-0.25, -0.2) is 9.59 Å². The van der Waals surface area contributed by atoms with Crippen LogP contribution in [0.15, 0.2) is 37.5 Å². The lowest BCUT2D eigenvalue weighted by Crippen LogP contribution is -2.44. The Morgan fingerprint density at radius 3 is 2.38 bits per heavy atom. The number of carbonyl (C=O) groups excluding carboxylic acids is 2. The fraction of sp³-hybridized carbons (Fsp3) is 0.619. The lowest BCUT2D eigenvalue weighted by Gasteiger charge is -2.38. The summed E-state index contributed by atoms with van der Waals surface area (Å²) in [6, 6.07) is -0.159. The lowest BCUT2D eigenvalue weighted by atomic mass is 10.2. The second kappa shape index (κ2) is 11.2. The molecule has 0 unspecified atom stereocenters. The second-order valence-corrected chi connectivity index (χ2v) is 13.3. The van der Waals surface area contributed by atoms with Crippen LogP contribution >= 0.6 is 0 Å². The number of likely N-dealkylation sites (tertiary alicyclic amines) is 1. The van der Waals surface area contributed by atoms with Crippen molar-refractivity contribution in [1.82, 2.24) is 10.2 Å². The number of amides is 2. The molecule has 0 saturated carbocycles. The van der Waals surface area contributed by atoms with E-state index < -0.39 is 14.4 Å². The molecule has 1 rings (SSSR count). The third-order valence-electron chi connectivity index (χ3n) is 5.19. The summed E-state index contributed by atoms with van der Waals surface area (Å²) in [6.07, 6.45) is 6.49. The van der Waals surface area contributed by atoms with Crippen LogP contribution in [0.4, 0.5) is 9.59 Å². The molecule has 0 aromatic heterocycles. The predicted octanol–water partition coefficient (Wildman–Crippen LogP) is 4.24. The zero-order valence-electron chi connectivity index (χ0n) is 18.4. The average molecular weight is 425 g/mol. The van der Waals surface area contributed by atoms with Crippen LogP contribution in [0.3, 0.4) is 0 Å². The Hall–Kier alpha value is -2.06. The van der Waals surface area contributed by atoms with Gasteiger partial charge in [0.1, 0.15) is 13.2 Å². The molecule has 0 bridgehead atoms. The third kappa shape index (κ3) is 8.06. The minimum atomic E-state index is -1.96. The third-order valence-corrected chi connectivity index (χ3v) is 9.72. The number of hydrogen-bond acceptors (Lipinski definition) is 5. The summed E-state index contributed by atoms with van der Waals surface area (Å²) >= 11 is 0. The van der Waals surface area contributed by atoms with Crippen molar-refractivity contribution >= 4 is 20.5 Å². The van der Waals surface area contributed by atoms with Crippen LogP contribution in [-0.2, 0) is 13.9 Å². The van der Waals surface area contributed by atoms with Gasteiger partial charge in [0.25, 0.3) is 0 Å². The van der Waals surface area contributed by atoms with Gasteiger partial charge >= 0.3 is 12.2 Å². The van der Waals surface area contributed by atoms with Gasteiger partial charge in [-0.15, -0.1) is 0 Å². The highest BCUT2D eigenvalue weighted by atomic mass is 28.4. The number of alkyl carbamates (subject to hydrolysis) is 1. The first-order chi connectivity index (χ1) is 13.5. The summed E-state index contributed by atoms with van der Waals surface area (Å²) in [5, 5.41) is 2.71. The molecule has 1 N–H and O–H groups in total. The van der Waals surface area contributed by atoms with Gasteiger partial charge in [0.15, 0.2) is 8.32 Å². The maximum absolute atomic E-state index is 12.5. The molecule has 164 valence electrons. The molecule has 7 nitrogen and oxygen atoms in total. The Morgan fingerprint density at radius 2 is 1.79 bits per heavy atom. The molecule has 0 aromatic rings. The molecule has 1 fully saturated rings. The predicted molar refractivity (Wildman–Crippen MR) is 117 cm³/mol. The van der Waals surface area contributed by atoms with Gasteiger partial charge in [0.2, 0.25) is 0 Å². The minimum Gasteiger partial charge on any atom is -0.445 e. The topological polar surface area (TPSA) is 77.1 Å². The molecule has 0 aliphatic carbocycles. The van der Waals surface area contributed by atoms with Crippen LogP contribution in [0, 0.1) is 0 Å². The quantitative estimate of drug-likeness (QED) is 0.442. The molecule has 2 atom stereocenters. The summed E-state index contributed by atoms with van der Waals surface area (Å²) < 4.78 is 16.6. The van der Waals surface area contributed by atoms with Gasteiger partial charge in [0, 0.05) is 13.1 Å². The monoisotopic (exact) mass is 424 g/mol. The Bertz CT molecular complexity index is 613. The van der Waals surface area contributed by atoms with Crippen LogP contribution in [0.5, 0.6) is 0 Å². The van der Waals surface area contributed by atoms with Gasteiger partial charge < -0.3 is 19.2 Å². The van der Waals surface area contributed by atoms with E-state index in [1.165, 1.54) is 6.08 Å². The zero-order valence-corrected chi connectivity index (χ0v) is 19.4. The highest BCUT2D eigenvalue weighted by Gasteiger charge is 2.43. The van der Waals surface area contributed by atoms with E-state index in [9.17, 15) is 9.59 Å². The maximum Gasteiger partial charge on any atom is 0.410 e. The van der Waals surface area contributed by atoms with Crippen molar-refractivity contribution in [2.24, 2.45) is 0 Å². The van der Waals surface area contributed by atoms with Crippen LogP contribution in [0.2, 0.25) is 18.1 Å². The first-order valence-electron chi connectivity index (χ1n) is 9.92. The van der Waals surface area contributed by atoms with E-state index in [1.807, 2.05) is 12.2 Å². The molecular weight excluding hydrogens is 388 g/mol. The smallest absolute Gasteiger partial charge is 0.410 e. The van der Waals surface area contributed by atoms with Crippen molar-refractivity contribution in [2.45, 2.75) is 57.5 Å². The maximum atomic E-state index is 12.5. The highest BCUT2D eigenvalue weighted by Crippen LogP contribution is 2.39. The first-order valence-corrected chi connectivity index (χ1v) is 12.8. The summed E-state index contributed by atoms with van der Waals surface area (Å²) in [6.45, 7) is 19.2. The van der Waals surface area contributed by atoms with Crippen LogP contribution in [0.25, 0.3) is 0 Å². The van der Waals surface area contributed by atoms with Crippen molar-refractivity contribution in [3.05, 3.63) is 37.5 Å². The number of hydrogen-bond donors (Lipinski definition) is 1. The van der Waals surface area contributed by atoms with Crippen LogP contribution < -0.4 is 5.32 Å². The fourth-order valence-electron chi connectivity index (χ4n) is 2.66. The van der Waals surface area contributed by atoms with Crippen LogP contribution in [0.1, 0.15) is 27.2 Å². The Morgan fingerprint density at radius 1 is 1.17 bits per heavy atom. The highest BCUT2D eigenvalue weighted by molar-refractivity contribution is 6.74. The molecule has 1 heterocycles. The van der Waals surface area contributed by atoms with E-state index in [0.717, 1.165) is 0 Å². The van der Waals surface area contributed by atoms with Gasteiger partial charge in [-0.1, -0.05) is 58.2 Å². The van der Waals surface area contributed by atoms with E-state index in [0.29, 0.717) is 19.5 Å². The normalized spacial score (nSPS) is 19.8. The van der Waals surface area contributed by atoms with Gasteiger partial charge in [-0.05, 0) is 24.6 Å². The summed E-state index contributed by atoms with van der Waals surface area (Å²) in [5.74, 6) is 0. The molecule has 1 aliphatic heterocycles. The van der Waals surface area contributed by atoms with Gasteiger partial charge in [0.05, 0.1) is 12.1 Å². The standard InChI is InChI=1S/C21H36N2O5Si/c1-8-13-26-19(24)22-12-10-11-17-15-18(28-29(6,7)21(3,4)5)16-23(17)20(25)27-14-9-2/h8-11,17-18H,1-2,12-16H2,3-7H3,(H,22,24)/b11-10+/t17-,18-/m1/s1. The number of rotatable bonds is 9. The van der Waals surface area contributed by atoms with Crippen molar-refractivity contribution in [3.8, 4) is 0 Å². The molecule has 0 aromatic carbocycles. The molecule has 1 aliphatic rings. The van der Waals surface area contributed by atoms with Crippen molar-refractivity contribution in [3.63, 3.8) is 0 Å². The van der Waals surface area contributed by atoms with Crippen LogP contribution in [-0.4, -0.2) is 63.9 Å².